The summed E-state index contributed by atoms with van der Waals surface area (Å²) >= 11 is 3.35. The average molecular weight is 478 g/mol. The Hall–Kier alpha value is -3.45. The molecule has 0 unspecified atom stereocenters. The summed E-state index contributed by atoms with van der Waals surface area (Å²) in [6.07, 6.45) is 1.33. The lowest BCUT2D eigenvalue weighted by molar-refractivity contribution is -0.142. The summed E-state index contributed by atoms with van der Waals surface area (Å²) in [7, 11) is 1.25. The highest BCUT2D eigenvalue weighted by atomic mass is 79.9. The van der Waals surface area contributed by atoms with Crippen molar-refractivity contribution < 1.29 is 28.2 Å². The van der Waals surface area contributed by atoms with Crippen LogP contribution in [0.15, 0.2) is 39.9 Å². The number of ether oxygens (including phenoxy) is 3. The first-order valence-corrected chi connectivity index (χ1v) is 9.37. The number of hydrazone groups is 1. The summed E-state index contributed by atoms with van der Waals surface area (Å²) < 4.78 is 29.9. The van der Waals surface area contributed by atoms with Crippen LogP contribution in [-0.4, -0.2) is 38.4 Å². The quantitative estimate of drug-likeness (QED) is 0.355. The Morgan fingerprint density at radius 3 is 2.63 bits per heavy atom. The first-order valence-electron chi connectivity index (χ1n) is 8.58. The Balaban J connectivity index is 2.16. The standard InChI is InChI=1S/C20H17BrFN3O5/c1-3-29-17-7-13(15(21)8-18(17)30-11-19(26)28-2)10-24-25-20(27)14-5-4-12(9-23)6-16(14)22/h4-8,10H,3,11H2,1-2H3,(H,25,27)/b24-10-. The maximum Gasteiger partial charge on any atom is 0.343 e. The number of halogens is 2. The molecule has 8 nitrogen and oxygen atoms in total. The highest BCUT2D eigenvalue weighted by molar-refractivity contribution is 9.10. The zero-order valence-electron chi connectivity index (χ0n) is 16.1. The van der Waals surface area contributed by atoms with Crippen LogP contribution in [0.5, 0.6) is 11.5 Å². The normalized spacial score (nSPS) is 10.4. The molecule has 1 N–H and O–H groups in total. The summed E-state index contributed by atoms with van der Waals surface area (Å²) in [4.78, 5) is 23.4. The van der Waals surface area contributed by atoms with Crippen molar-refractivity contribution in [2.75, 3.05) is 20.3 Å². The molecule has 0 fully saturated rings. The van der Waals surface area contributed by atoms with Gasteiger partial charge < -0.3 is 14.2 Å². The van der Waals surface area contributed by atoms with Crippen LogP contribution >= 0.6 is 15.9 Å². The number of hydrogen-bond donors (Lipinski definition) is 1. The Labute approximate surface area is 180 Å². The third-order valence-corrected chi connectivity index (χ3v) is 4.34. The molecule has 0 saturated carbocycles. The van der Waals surface area contributed by atoms with E-state index in [0.717, 1.165) is 6.07 Å². The molecule has 156 valence electrons. The van der Waals surface area contributed by atoms with Crippen molar-refractivity contribution >= 4 is 34.0 Å². The molecule has 0 aliphatic carbocycles. The maximum absolute atomic E-state index is 13.9. The number of rotatable bonds is 8. The molecule has 2 aromatic carbocycles. The second kappa shape index (κ2) is 10.9. The highest BCUT2D eigenvalue weighted by Gasteiger charge is 2.13. The molecule has 2 aromatic rings. The molecule has 30 heavy (non-hydrogen) atoms. The van der Waals surface area contributed by atoms with Gasteiger partial charge in [0.1, 0.15) is 5.82 Å². The lowest BCUT2D eigenvalue weighted by atomic mass is 10.1. The lowest BCUT2D eigenvalue weighted by Gasteiger charge is -2.13. The van der Waals surface area contributed by atoms with E-state index in [1.807, 2.05) is 0 Å². The zero-order chi connectivity index (χ0) is 22.1. The van der Waals surface area contributed by atoms with Crippen molar-refractivity contribution in [2.45, 2.75) is 6.92 Å². The molecule has 0 bridgehead atoms. The second-order valence-electron chi connectivity index (χ2n) is 5.62. The van der Waals surface area contributed by atoms with Crippen molar-refractivity contribution in [1.82, 2.24) is 5.43 Å². The van der Waals surface area contributed by atoms with Gasteiger partial charge in [-0.15, -0.1) is 0 Å². The largest absolute Gasteiger partial charge is 0.490 e. The van der Waals surface area contributed by atoms with Crippen molar-refractivity contribution in [3.8, 4) is 17.6 Å². The van der Waals surface area contributed by atoms with E-state index in [4.69, 9.17) is 14.7 Å². The number of amides is 1. The molecule has 0 saturated heterocycles. The fourth-order valence-corrected chi connectivity index (χ4v) is 2.64. The highest BCUT2D eigenvalue weighted by Crippen LogP contribution is 2.33. The molecule has 10 heteroatoms. The molecule has 0 aliphatic rings. The van der Waals surface area contributed by atoms with Crippen molar-refractivity contribution in [2.24, 2.45) is 5.10 Å². The van der Waals surface area contributed by atoms with Gasteiger partial charge in [0.15, 0.2) is 18.1 Å². The van der Waals surface area contributed by atoms with E-state index in [1.165, 1.54) is 25.5 Å². The first-order chi connectivity index (χ1) is 14.4. The van der Waals surface area contributed by atoms with Crippen LogP contribution in [0.3, 0.4) is 0 Å². The number of nitrogens with zero attached hydrogens (tertiary/aromatic N) is 2. The van der Waals surface area contributed by atoms with E-state index in [-0.39, 0.29) is 17.7 Å². The number of benzene rings is 2. The monoisotopic (exact) mass is 477 g/mol. The van der Waals surface area contributed by atoms with Crippen LogP contribution in [0.1, 0.15) is 28.4 Å². The zero-order valence-corrected chi connectivity index (χ0v) is 17.7. The summed E-state index contributed by atoms with van der Waals surface area (Å²) in [5.74, 6) is -1.47. The molecular weight excluding hydrogens is 461 g/mol. The summed E-state index contributed by atoms with van der Waals surface area (Å²) in [6, 6.07) is 8.47. The summed E-state index contributed by atoms with van der Waals surface area (Å²) in [5.41, 5.74) is 2.61. The van der Waals surface area contributed by atoms with E-state index in [0.29, 0.717) is 28.1 Å². The fourth-order valence-electron chi connectivity index (χ4n) is 2.22. The molecule has 0 spiro atoms. The number of methoxy groups -OCH3 is 1. The third kappa shape index (κ3) is 6.02. The maximum atomic E-state index is 13.9. The first kappa shape index (κ1) is 22.8. The summed E-state index contributed by atoms with van der Waals surface area (Å²) in [5, 5.41) is 12.6. The van der Waals surface area contributed by atoms with E-state index in [2.05, 4.69) is 31.2 Å². The smallest absolute Gasteiger partial charge is 0.343 e. The minimum absolute atomic E-state index is 0.106. The van der Waals surface area contributed by atoms with E-state index in [9.17, 15) is 14.0 Å². The minimum Gasteiger partial charge on any atom is -0.490 e. The fraction of sp³-hybridized carbons (Fsp3) is 0.200. The second-order valence-corrected chi connectivity index (χ2v) is 6.48. The SMILES string of the molecule is CCOc1cc(/C=N\NC(=O)c2ccc(C#N)cc2F)c(Br)cc1OCC(=O)OC. The Bertz CT molecular complexity index is 1020. The number of hydrogen-bond acceptors (Lipinski definition) is 7. The minimum atomic E-state index is -0.825. The van der Waals surface area contributed by atoms with Gasteiger partial charge in [0.05, 0.1) is 37.1 Å². The Kier molecular flexibility index (Phi) is 8.31. The average Bonchev–Trinajstić information content (AvgIpc) is 2.74. The van der Waals surface area contributed by atoms with Gasteiger partial charge in [-0.25, -0.2) is 14.6 Å². The van der Waals surface area contributed by atoms with E-state index >= 15 is 0 Å². The van der Waals surface area contributed by atoms with Gasteiger partial charge in [0.25, 0.3) is 5.91 Å². The van der Waals surface area contributed by atoms with Crippen LogP contribution in [0.2, 0.25) is 0 Å². The Morgan fingerprint density at radius 1 is 1.27 bits per heavy atom. The predicted molar refractivity (Wildman–Crippen MR) is 109 cm³/mol. The predicted octanol–water partition coefficient (Wildman–Crippen LogP) is 3.17. The van der Waals surface area contributed by atoms with Crippen LogP contribution in [-0.2, 0) is 9.53 Å². The van der Waals surface area contributed by atoms with E-state index < -0.39 is 17.7 Å². The van der Waals surface area contributed by atoms with Gasteiger partial charge >= 0.3 is 5.97 Å². The number of carbonyl (C=O) groups excluding carboxylic acids is 2. The van der Waals surface area contributed by atoms with Gasteiger partial charge in [-0.1, -0.05) is 0 Å². The van der Waals surface area contributed by atoms with Crippen LogP contribution in [0.4, 0.5) is 4.39 Å². The van der Waals surface area contributed by atoms with Crippen LogP contribution < -0.4 is 14.9 Å². The third-order valence-electron chi connectivity index (χ3n) is 3.65. The van der Waals surface area contributed by atoms with Gasteiger partial charge in [-0.2, -0.15) is 10.4 Å². The molecular formula is C20H17BrFN3O5. The molecule has 2 rings (SSSR count). The number of esters is 1. The van der Waals surface area contributed by atoms with Crippen molar-refractivity contribution in [3.05, 3.63) is 57.3 Å². The summed E-state index contributed by atoms with van der Waals surface area (Å²) in [6.45, 7) is 1.84. The van der Waals surface area contributed by atoms with Gasteiger partial charge in [0, 0.05) is 10.0 Å². The Morgan fingerprint density at radius 2 is 2.00 bits per heavy atom. The number of nitrogens with one attached hydrogen (secondary N) is 1. The van der Waals surface area contributed by atoms with Gasteiger partial charge in [-0.05, 0) is 53.2 Å². The number of carbonyl (C=O) groups is 2. The van der Waals surface area contributed by atoms with Gasteiger partial charge in [-0.3, -0.25) is 4.79 Å². The van der Waals surface area contributed by atoms with Crippen LogP contribution in [0, 0.1) is 17.1 Å². The molecule has 1 amide bonds. The van der Waals surface area contributed by atoms with Crippen molar-refractivity contribution in [1.29, 1.82) is 5.26 Å². The molecule has 0 radical (unpaired) electrons. The van der Waals surface area contributed by atoms with Crippen LogP contribution in [0.25, 0.3) is 0 Å². The molecule has 0 aliphatic heterocycles. The molecule has 0 heterocycles. The molecule has 0 atom stereocenters. The van der Waals surface area contributed by atoms with Crippen molar-refractivity contribution in [3.63, 3.8) is 0 Å². The molecule has 0 aromatic heterocycles. The van der Waals surface area contributed by atoms with E-state index in [1.54, 1.807) is 25.1 Å². The van der Waals surface area contributed by atoms with Gasteiger partial charge in [0.2, 0.25) is 0 Å². The number of nitriles is 1. The topological polar surface area (TPSA) is 110 Å². The lowest BCUT2D eigenvalue weighted by Crippen LogP contribution is -2.19.